The van der Waals surface area contributed by atoms with E-state index in [0.717, 1.165) is 30.0 Å². The number of nitrogens with one attached hydrogen (secondary N) is 1. The molecule has 1 aliphatic heterocycles. The Balaban J connectivity index is 1.64. The third kappa shape index (κ3) is 4.06. The highest BCUT2D eigenvalue weighted by molar-refractivity contribution is 7.10. The zero-order chi connectivity index (χ0) is 21.1. The molecule has 0 aliphatic carbocycles. The number of nitrogens with zero attached hydrogens (tertiary/aromatic N) is 1. The highest BCUT2D eigenvalue weighted by Gasteiger charge is 2.32. The first-order chi connectivity index (χ1) is 14.6. The van der Waals surface area contributed by atoms with Gasteiger partial charge in [0.05, 0.1) is 26.8 Å². The van der Waals surface area contributed by atoms with Crippen LogP contribution in [0.15, 0.2) is 53.9 Å². The van der Waals surface area contributed by atoms with Gasteiger partial charge in [-0.05, 0) is 59.7 Å². The maximum Gasteiger partial charge on any atom is 0.238 e. The fraction of sp³-hybridized carbons (Fsp3) is 0.292. The smallest absolute Gasteiger partial charge is 0.238 e. The monoisotopic (exact) mass is 422 g/mol. The zero-order valence-electron chi connectivity index (χ0n) is 17.5. The molecule has 5 nitrogen and oxygen atoms in total. The lowest BCUT2D eigenvalue weighted by molar-refractivity contribution is -0.117. The molecule has 0 bridgehead atoms. The van der Waals surface area contributed by atoms with Gasteiger partial charge in [-0.25, -0.2) is 0 Å². The highest BCUT2D eigenvalue weighted by atomic mass is 32.1. The third-order valence-electron chi connectivity index (χ3n) is 5.55. The molecule has 2 aromatic carbocycles. The van der Waals surface area contributed by atoms with Crippen LogP contribution in [0.5, 0.6) is 11.5 Å². The maximum absolute atomic E-state index is 12.9. The Morgan fingerprint density at radius 3 is 2.60 bits per heavy atom. The van der Waals surface area contributed by atoms with Crippen molar-refractivity contribution in [2.45, 2.75) is 19.4 Å². The summed E-state index contributed by atoms with van der Waals surface area (Å²) in [5.74, 6) is 1.45. The van der Waals surface area contributed by atoms with E-state index in [0.29, 0.717) is 12.3 Å². The van der Waals surface area contributed by atoms with Gasteiger partial charge in [0.15, 0.2) is 11.5 Å². The van der Waals surface area contributed by atoms with Gasteiger partial charge in [0, 0.05) is 17.1 Å². The van der Waals surface area contributed by atoms with E-state index in [2.05, 4.69) is 39.9 Å². The largest absolute Gasteiger partial charge is 0.493 e. The fourth-order valence-corrected chi connectivity index (χ4v) is 4.91. The SMILES string of the molecule is COc1cc2c(cc1OC)C(c1cccs1)N(CC(=O)Nc1ccccc1C)CC2. The van der Waals surface area contributed by atoms with Crippen molar-refractivity contribution >= 4 is 22.9 Å². The lowest BCUT2D eigenvalue weighted by Gasteiger charge is -2.37. The molecule has 2 heterocycles. The molecular weight excluding hydrogens is 396 g/mol. The van der Waals surface area contributed by atoms with Crippen molar-refractivity contribution < 1.29 is 14.3 Å². The predicted molar refractivity (Wildman–Crippen MR) is 121 cm³/mol. The Bertz CT molecular complexity index is 1030. The van der Waals surface area contributed by atoms with E-state index in [1.165, 1.54) is 16.0 Å². The predicted octanol–water partition coefficient (Wildman–Crippen LogP) is 4.66. The summed E-state index contributed by atoms with van der Waals surface area (Å²) < 4.78 is 11.1. The van der Waals surface area contributed by atoms with Crippen LogP contribution in [0.2, 0.25) is 0 Å². The fourth-order valence-electron chi connectivity index (χ4n) is 4.04. The summed E-state index contributed by atoms with van der Waals surface area (Å²) in [6.07, 6.45) is 0.856. The minimum Gasteiger partial charge on any atom is -0.493 e. The van der Waals surface area contributed by atoms with Crippen LogP contribution < -0.4 is 14.8 Å². The lowest BCUT2D eigenvalue weighted by Crippen LogP contribution is -2.41. The number of aryl methyl sites for hydroxylation is 1. The molecule has 30 heavy (non-hydrogen) atoms. The Labute approximate surface area is 181 Å². The summed E-state index contributed by atoms with van der Waals surface area (Å²) in [5.41, 5.74) is 4.33. The van der Waals surface area contributed by atoms with Crippen molar-refractivity contribution in [3.63, 3.8) is 0 Å². The molecular formula is C24H26N2O3S. The number of fused-ring (bicyclic) bond motifs is 1. The van der Waals surface area contributed by atoms with Gasteiger partial charge in [-0.2, -0.15) is 0 Å². The standard InChI is InChI=1S/C24H26N2O3S/c1-16-7-4-5-8-19(16)25-23(27)15-26-11-10-17-13-20(28-2)21(29-3)14-18(17)24(26)22-9-6-12-30-22/h4-9,12-14,24H,10-11,15H2,1-3H3,(H,25,27). The molecule has 0 spiro atoms. The van der Waals surface area contributed by atoms with Gasteiger partial charge >= 0.3 is 0 Å². The number of methoxy groups -OCH3 is 2. The van der Waals surface area contributed by atoms with Gasteiger partial charge in [-0.1, -0.05) is 24.3 Å². The van der Waals surface area contributed by atoms with Crippen LogP contribution in [0.25, 0.3) is 0 Å². The normalized spacial score (nSPS) is 16.0. The topological polar surface area (TPSA) is 50.8 Å². The van der Waals surface area contributed by atoms with Crippen LogP contribution >= 0.6 is 11.3 Å². The minimum absolute atomic E-state index is 0.00483. The van der Waals surface area contributed by atoms with Crippen LogP contribution in [0.4, 0.5) is 5.69 Å². The van der Waals surface area contributed by atoms with E-state index in [4.69, 9.17) is 9.47 Å². The maximum atomic E-state index is 12.9. The molecule has 0 saturated heterocycles. The first-order valence-electron chi connectivity index (χ1n) is 9.98. The molecule has 1 aromatic heterocycles. The van der Waals surface area contributed by atoms with Gasteiger partial charge in [-0.3, -0.25) is 9.69 Å². The Morgan fingerprint density at radius 1 is 1.13 bits per heavy atom. The molecule has 3 aromatic rings. The summed E-state index contributed by atoms with van der Waals surface area (Å²) in [6, 6.07) is 16.2. The number of carbonyl (C=O) groups excluding carboxylic acids is 1. The molecule has 1 unspecified atom stereocenters. The van der Waals surface area contributed by atoms with E-state index >= 15 is 0 Å². The summed E-state index contributed by atoms with van der Waals surface area (Å²) in [7, 11) is 3.31. The van der Waals surface area contributed by atoms with Crippen LogP contribution in [0.1, 0.15) is 27.6 Å². The van der Waals surface area contributed by atoms with Gasteiger partial charge < -0.3 is 14.8 Å². The zero-order valence-corrected chi connectivity index (χ0v) is 18.3. The van der Waals surface area contributed by atoms with Crippen molar-refractivity contribution in [2.75, 3.05) is 32.6 Å². The average Bonchev–Trinajstić information content (AvgIpc) is 3.28. The number of ether oxygens (including phenoxy) is 2. The lowest BCUT2D eigenvalue weighted by atomic mass is 9.91. The van der Waals surface area contributed by atoms with Crippen molar-refractivity contribution in [1.29, 1.82) is 0 Å². The number of carbonyl (C=O) groups is 1. The molecule has 0 saturated carbocycles. The minimum atomic E-state index is -0.00483. The number of anilines is 1. The second-order valence-corrected chi connectivity index (χ2v) is 8.39. The molecule has 1 aliphatic rings. The van der Waals surface area contributed by atoms with Gasteiger partial charge in [0.1, 0.15) is 0 Å². The molecule has 0 fully saturated rings. The van der Waals surface area contributed by atoms with Crippen LogP contribution in [-0.2, 0) is 11.2 Å². The number of rotatable bonds is 6. The van der Waals surface area contributed by atoms with Crippen molar-refractivity contribution in [1.82, 2.24) is 4.90 Å². The molecule has 1 atom stereocenters. The van der Waals surface area contributed by atoms with Gasteiger partial charge in [0.2, 0.25) is 5.91 Å². The first kappa shape index (κ1) is 20.4. The van der Waals surface area contributed by atoms with Gasteiger partial charge in [0.25, 0.3) is 0 Å². The van der Waals surface area contributed by atoms with E-state index in [1.807, 2.05) is 31.2 Å². The molecule has 1 amide bonds. The van der Waals surface area contributed by atoms with E-state index in [1.54, 1.807) is 25.6 Å². The van der Waals surface area contributed by atoms with Crippen LogP contribution in [0, 0.1) is 6.92 Å². The molecule has 0 radical (unpaired) electrons. The number of hydrogen-bond donors (Lipinski definition) is 1. The Kier molecular flexibility index (Phi) is 6.06. The van der Waals surface area contributed by atoms with Crippen molar-refractivity contribution in [3.8, 4) is 11.5 Å². The van der Waals surface area contributed by atoms with Crippen molar-refractivity contribution in [2.24, 2.45) is 0 Å². The average molecular weight is 423 g/mol. The number of hydrogen-bond acceptors (Lipinski definition) is 5. The first-order valence-corrected chi connectivity index (χ1v) is 10.9. The highest BCUT2D eigenvalue weighted by Crippen LogP contribution is 2.42. The van der Waals surface area contributed by atoms with E-state index < -0.39 is 0 Å². The number of benzene rings is 2. The van der Waals surface area contributed by atoms with E-state index in [-0.39, 0.29) is 11.9 Å². The number of para-hydroxylation sites is 1. The summed E-state index contributed by atoms with van der Waals surface area (Å²) >= 11 is 1.71. The second-order valence-electron chi connectivity index (χ2n) is 7.41. The van der Waals surface area contributed by atoms with Crippen LogP contribution in [-0.4, -0.2) is 38.1 Å². The molecule has 6 heteroatoms. The molecule has 1 N–H and O–H groups in total. The second kappa shape index (κ2) is 8.90. The molecule has 4 rings (SSSR count). The Hall–Kier alpha value is -2.83. The van der Waals surface area contributed by atoms with Gasteiger partial charge in [-0.15, -0.1) is 11.3 Å². The third-order valence-corrected chi connectivity index (χ3v) is 6.48. The summed E-state index contributed by atoms with van der Waals surface area (Å²) in [5, 5.41) is 5.15. The van der Waals surface area contributed by atoms with E-state index in [9.17, 15) is 4.79 Å². The van der Waals surface area contributed by atoms with Crippen molar-refractivity contribution in [3.05, 3.63) is 75.5 Å². The Morgan fingerprint density at radius 2 is 1.90 bits per heavy atom. The summed E-state index contributed by atoms with van der Waals surface area (Å²) in [4.78, 5) is 16.3. The number of thiophene rings is 1. The summed E-state index contributed by atoms with van der Waals surface area (Å²) in [6.45, 7) is 3.12. The molecule has 156 valence electrons. The number of amides is 1. The van der Waals surface area contributed by atoms with Crippen LogP contribution in [0.3, 0.4) is 0 Å². The quantitative estimate of drug-likeness (QED) is 0.628.